The van der Waals surface area contributed by atoms with E-state index in [0.717, 1.165) is 0 Å². The maximum Gasteiger partial charge on any atom is 0.174 e. The number of aromatic hydroxyl groups is 1. The highest BCUT2D eigenvalue weighted by molar-refractivity contribution is 6.09. The van der Waals surface area contributed by atoms with Crippen molar-refractivity contribution in [1.82, 2.24) is 0 Å². The van der Waals surface area contributed by atoms with E-state index >= 15 is 0 Å². The number of carbonyl (C=O) groups is 2. The summed E-state index contributed by atoms with van der Waals surface area (Å²) in [6.07, 6.45) is 0.193. The summed E-state index contributed by atoms with van der Waals surface area (Å²) in [4.78, 5) is 23.8. The van der Waals surface area contributed by atoms with Gasteiger partial charge in [0.2, 0.25) is 0 Å². The molecule has 1 aromatic rings. The molecule has 1 aliphatic heterocycles. The molecule has 0 radical (unpaired) electrons. The molecule has 1 N–H and O–H groups in total. The molecule has 0 unspecified atom stereocenters. The topological polar surface area (TPSA) is 72.8 Å². The number of ketones is 2. The number of benzene rings is 1. The first-order valence-electron chi connectivity index (χ1n) is 5.94. The van der Waals surface area contributed by atoms with Crippen LogP contribution in [-0.2, 0) is 0 Å². The zero-order chi connectivity index (χ0) is 14.4. The van der Waals surface area contributed by atoms with Gasteiger partial charge in [-0.1, -0.05) is 0 Å². The third kappa shape index (κ3) is 2.16. The molecule has 0 fully saturated rings. The van der Waals surface area contributed by atoms with Gasteiger partial charge in [0.05, 0.1) is 13.5 Å². The Morgan fingerprint density at radius 3 is 2.63 bits per heavy atom. The monoisotopic (exact) mass is 264 g/mol. The molecule has 5 nitrogen and oxygen atoms in total. The molecule has 0 saturated heterocycles. The molecule has 1 heterocycles. The second-order valence-corrected chi connectivity index (χ2v) is 5.19. The van der Waals surface area contributed by atoms with E-state index in [2.05, 4.69) is 0 Å². The van der Waals surface area contributed by atoms with E-state index in [1.807, 2.05) is 0 Å². The number of rotatable bonds is 2. The van der Waals surface area contributed by atoms with Crippen LogP contribution in [0.25, 0.3) is 0 Å². The average Bonchev–Trinajstić information content (AvgIpc) is 2.24. The lowest BCUT2D eigenvalue weighted by atomic mass is 9.90. The lowest BCUT2D eigenvalue weighted by Crippen LogP contribution is -2.36. The van der Waals surface area contributed by atoms with Gasteiger partial charge in [0, 0.05) is 6.07 Å². The van der Waals surface area contributed by atoms with Gasteiger partial charge in [-0.2, -0.15) is 0 Å². The largest absolute Gasteiger partial charge is 0.507 e. The summed E-state index contributed by atoms with van der Waals surface area (Å²) in [6, 6.07) is 1.30. The van der Waals surface area contributed by atoms with Crippen LogP contribution in [0, 0.1) is 0 Å². The first kappa shape index (κ1) is 13.4. The van der Waals surface area contributed by atoms with Gasteiger partial charge in [0.25, 0.3) is 0 Å². The van der Waals surface area contributed by atoms with Gasteiger partial charge in [-0.25, -0.2) is 0 Å². The Bertz CT molecular complexity index is 572. The SMILES string of the molecule is COc1c(C(C)=O)c(O)cc2c1C(=O)CC(C)(C)O2. The predicted molar refractivity (Wildman–Crippen MR) is 68.3 cm³/mol. The van der Waals surface area contributed by atoms with Crippen molar-refractivity contribution in [1.29, 1.82) is 0 Å². The fourth-order valence-corrected chi connectivity index (χ4v) is 2.32. The van der Waals surface area contributed by atoms with E-state index in [-0.39, 0.29) is 46.4 Å². The maximum absolute atomic E-state index is 12.2. The standard InChI is InChI=1S/C14H16O5/c1-7(15)11-8(16)5-10-12(13(11)18-4)9(17)6-14(2,3)19-10/h5,16H,6H2,1-4H3. The number of phenols is 1. The number of methoxy groups -OCH3 is 1. The molecule has 1 aliphatic rings. The van der Waals surface area contributed by atoms with Gasteiger partial charge >= 0.3 is 0 Å². The number of hydrogen-bond donors (Lipinski definition) is 1. The number of carbonyl (C=O) groups excluding carboxylic acids is 2. The fraction of sp³-hybridized carbons (Fsp3) is 0.429. The van der Waals surface area contributed by atoms with E-state index in [1.54, 1.807) is 13.8 Å². The summed E-state index contributed by atoms with van der Waals surface area (Å²) in [6.45, 7) is 4.88. The van der Waals surface area contributed by atoms with Crippen molar-refractivity contribution in [3.63, 3.8) is 0 Å². The molecule has 0 atom stereocenters. The normalized spacial score (nSPS) is 16.5. The van der Waals surface area contributed by atoms with Crippen molar-refractivity contribution < 1.29 is 24.2 Å². The molecule has 0 amide bonds. The van der Waals surface area contributed by atoms with Crippen LogP contribution >= 0.6 is 0 Å². The summed E-state index contributed by atoms with van der Waals surface area (Å²) in [5, 5.41) is 9.91. The number of phenolic OH excluding ortho intramolecular Hbond substituents is 1. The Hall–Kier alpha value is -2.04. The molecule has 102 valence electrons. The summed E-state index contributed by atoms with van der Waals surface area (Å²) in [5.74, 6) is -0.433. The number of hydrogen-bond acceptors (Lipinski definition) is 5. The molecule has 1 aromatic carbocycles. The zero-order valence-electron chi connectivity index (χ0n) is 11.4. The maximum atomic E-state index is 12.2. The molecular weight excluding hydrogens is 248 g/mol. The third-order valence-electron chi connectivity index (χ3n) is 3.03. The van der Waals surface area contributed by atoms with Crippen molar-refractivity contribution >= 4 is 11.6 Å². The van der Waals surface area contributed by atoms with Gasteiger partial charge in [-0.3, -0.25) is 9.59 Å². The molecule has 2 rings (SSSR count). The summed E-state index contributed by atoms with van der Waals surface area (Å²) < 4.78 is 10.8. The van der Waals surface area contributed by atoms with E-state index in [1.165, 1.54) is 20.1 Å². The highest BCUT2D eigenvalue weighted by atomic mass is 16.5. The minimum Gasteiger partial charge on any atom is -0.507 e. The van der Waals surface area contributed by atoms with Crippen LogP contribution in [0.5, 0.6) is 17.2 Å². The highest BCUT2D eigenvalue weighted by Crippen LogP contribution is 2.44. The molecule has 5 heteroatoms. The molecule has 19 heavy (non-hydrogen) atoms. The van der Waals surface area contributed by atoms with Crippen molar-refractivity contribution in [2.24, 2.45) is 0 Å². The zero-order valence-corrected chi connectivity index (χ0v) is 11.4. The summed E-state index contributed by atoms with van der Waals surface area (Å²) in [7, 11) is 1.36. The Balaban J connectivity index is 2.74. The van der Waals surface area contributed by atoms with E-state index in [9.17, 15) is 14.7 Å². The molecule has 0 saturated carbocycles. The van der Waals surface area contributed by atoms with Gasteiger partial charge in [-0.15, -0.1) is 0 Å². The lowest BCUT2D eigenvalue weighted by Gasteiger charge is -2.32. The number of ether oxygens (including phenoxy) is 2. The Morgan fingerprint density at radius 1 is 1.47 bits per heavy atom. The van der Waals surface area contributed by atoms with Crippen molar-refractivity contribution in [3.8, 4) is 17.2 Å². The highest BCUT2D eigenvalue weighted by Gasteiger charge is 2.37. The van der Waals surface area contributed by atoms with Gasteiger partial charge in [0.1, 0.15) is 34.0 Å². The lowest BCUT2D eigenvalue weighted by molar-refractivity contribution is 0.0612. The minimum atomic E-state index is -0.640. The predicted octanol–water partition coefficient (Wildman–Crippen LogP) is 2.35. The van der Waals surface area contributed by atoms with Crippen LogP contribution in [0.4, 0.5) is 0 Å². The molecular formula is C14H16O5. The summed E-state index contributed by atoms with van der Waals surface area (Å²) in [5.41, 5.74) is -0.401. The average molecular weight is 264 g/mol. The molecule has 0 aliphatic carbocycles. The van der Waals surface area contributed by atoms with Crippen LogP contribution in [0.1, 0.15) is 47.9 Å². The second-order valence-electron chi connectivity index (χ2n) is 5.19. The first-order valence-corrected chi connectivity index (χ1v) is 5.94. The van der Waals surface area contributed by atoms with Crippen LogP contribution in [-0.4, -0.2) is 29.4 Å². The summed E-state index contributed by atoms with van der Waals surface area (Å²) >= 11 is 0. The van der Waals surface area contributed by atoms with Gasteiger partial charge in [-0.05, 0) is 20.8 Å². The minimum absolute atomic E-state index is 0.0120. The van der Waals surface area contributed by atoms with E-state index in [4.69, 9.17) is 9.47 Å². The van der Waals surface area contributed by atoms with Crippen LogP contribution in [0.15, 0.2) is 6.07 Å². The fourth-order valence-electron chi connectivity index (χ4n) is 2.32. The number of Topliss-reactive ketones (excluding diaryl/α,β-unsaturated/α-hetero) is 2. The van der Waals surface area contributed by atoms with Crippen LogP contribution < -0.4 is 9.47 Å². The van der Waals surface area contributed by atoms with Crippen molar-refractivity contribution in [2.75, 3.05) is 7.11 Å². The third-order valence-corrected chi connectivity index (χ3v) is 3.03. The Kier molecular flexibility index (Phi) is 3.00. The van der Waals surface area contributed by atoms with Crippen molar-refractivity contribution in [2.45, 2.75) is 32.8 Å². The van der Waals surface area contributed by atoms with E-state index < -0.39 is 5.60 Å². The quantitative estimate of drug-likeness (QED) is 0.830. The van der Waals surface area contributed by atoms with Gasteiger partial charge < -0.3 is 14.6 Å². The Morgan fingerprint density at radius 2 is 2.11 bits per heavy atom. The van der Waals surface area contributed by atoms with E-state index in [0.29, 0.717) is 0 Å². The van der Waals surface area contributed by atoms with Crippen LogP contribution in [0.3, 0.4) is 0 Å². The number of fused-ring (bicyclic) bond motifs is 1. The molecule has 0 aromatic heterocycles. The Labute approximate surface area is 111 Å². The second kappa shape index (κ2) is 4.26. The van der Waals surface area contributed by atoms with Crippen LogP contribution in [0.2, 0.25) is 0 Å². The molecule has 0 bridgehead atoms. The van der Waals surface area contributed by atoms with Crippen molar-refractivity contribution in [3.05, 3.63) is 17.2 Å². The smallest absolute Gasteiger partial charge is 0.174 e. The van der Waals surface area contributed by atoms with Gasteiger partial charge in [0.15, 0.2) is 11.6 Å². The first-order chi connectivity index (χ1) is 8.76. The molecule has 0 spiro atoms.